The summed E-state index contributed by atoms with van der Waals surface area (Å²) in [6.45, 7) is 4.50. The number of phosphoric ester groups is 2. The van der Waals surface area contributed by atoms with Crippen LogP contribution in [0.3, 0.4) is 0 Å². The summed E-state index contributed by atoms with van der Waals surface area (Å²) >= 11 is 0. The lowest BCUT2D eigenvalue weighted by Crippen LogP contribution is -2.31. The molecule has 0 fully saturated rings. The lowest BCUT2D eigenvalue weighted by atomic mass is 10.1. The Bertz CT molecular complexity index is 1960. The van der Waals surface area contributed by atoms with Crippen molar-refractivity contribution < 1.29 is 80.2 Å². The van der Waals surface area contributed by atoms with Crippen LogP contribution in [0.2, 0.25) is 0 Å². The van der Waals surface area contributed by atoms with Gasteiger partial charge in [0.05, 0.1) is 26.4 Å². The maximum Gasteiger partial charge on any atom is 0.306 e. The van der Waals surface area contributed by atoms with Crippen LogP contribution in [0.5, 0.6) is 0 Å². The Morgan fingerprint density at radius 1 is 0.284 bits per heavy atom. The third kappa shape index (κ3) is 78.0. The number of hydrogen-bond donors (Lipinski definition) is 3. The van der Waals surface area contributed by atoms with E-state index in [0.29, 0.717) is 25.7 Å². The molecule has 0 spiro atoms. The summed E-state index contributed by atoms with van der Waals surface area (Å²) in [5.74, 6) is -2.27. The second-order valence-electron chi connectivity index (χ2n) is 27.7. The molecule has 0 amide bonds. The second kappa shape index (κ2) is 79.0. The highest BCUT2D eigenvalue weighted by atomic mass is 31.2. The van der Waals surface area contributed by atoms with E-state index in [1.807, 2.05) is 0 Å². The van der Waals surface area contributed by atoms with Gasteiger partial charge in [-0.15, -0.1) is 0 Å². The van der Waals surface area contributed by atoms with Crippen LogP contribution in [0.15, 0.2) is 48.6 Å². The van der Waals surface area contributed by atoms with Gasteiger partial charge in [0.2, 0.25) is 0 Å². The molecule has 0 aliphatic heterocycles. The van der Waals surface area contributed by atoms with Crippen molar-refractivity contribution in [1.82, 2.24) is 12.3 Å². The van der Waals surface area contributed by atoms with Crippen LogP contribution in [0, 0.1) is 0 Å². The molecule has 4 atom stereocenters. The number of allylic oxidation sites excluding steroid dienone is 8. The monoisotopic (exact) mass is 1490 g/mol. The Morgan fingerprint density at radius 3 is 0.696 bits per heavy atom. The molecule has 0 saturated carbocycles. The van der Waals surface area contributed by atoms with Crippen LogP contribution in [0.1, 0.15) is 387 Å². The normalized spacial score (nSPS) is 13.8. The summed E-state index contributed by atoms with van der Waals surface area (Å²) in [6, 6.07) is 0. The molecular weight excluding hydrogens is 1330 g/mol. The molecular formula is C81H156N2O17P2. The van der Waals surface area contributed by atoms with Crippen LogP contribution in [0.4, 0.5) is 0 Å². The van der Waals surface area contributed by atoms with Crippen molar-refractivity contribution in [2.75, 3.05) is 39.6 Å². The molecule has 0 heterocycles. The molecule has 0 aromatic heterocycles. The molecule has 0 aliphatic carbocycles. The smallest absolute Gasteiger partial charge is 0.306 e. The second-order valence-corrected chi connectivity index (χ2v) is 30.5. The van der Waals surface area contributed by atoms with Crippen LogP contribution < -0.4 is 22.1 Å². The minimum atomic E-state index is -5.24. The Kier molecular flexibility index (Phi) is 79.9. The first-order valence-electron chi connectivity index (χ1n) is 40.8. The van der Waals surface area contributed by atoms with E-state index in [4.69, 9.17) is 37.0 Å². The lowest BCUT2D eigenvalue weighted by Gasteiger charge is -2.28. The lowest BCUT2D eigenvalue weighted by molar-refractivity contribution is -0.233. The standard InChI is InChI=1S/C81H150O17P2.2H3N/c1-5-9-13-17-21-25-29-33-37-41-45-49-53-57-61-65-78(83)91-71-76(97-80(85)67-63-59-55-51-47-43-39-35-31-27-23-19-15-11-7-3)73-95-99(87,88)93-69-75(82)70-94-100(89,90)96-74-77(98-81(86)68-64-60-56-52-48-44-40-36-32-28-24-20-16-12-8-4)72-92-79(84)66-62-58-54-50-46-42-38-34-30-26-22-18-14-10-6-2;;/h33-40,75-77,82H,5-32,41-74H2,1-4H3,(H,87,88)(H,89,90);2*1H3/b37-33-,38-34-,39-35-,40-36-;;. The van der Waals surface area contributed by atoms with Gasteiger partial charge in [-0.25, -0.2) is 0 Å². The Labute approximate surface area is 622 Å². The fourth-order valence-corrected chi connectivity index (χ4v) is 13.0. The number of aliphatic hydroxyl groups is 1. The van der Waals surface area contributed by atoms with Gasteiger partial charge in [0.1, 0.15) is 19.3 Å². The summed E-state index contributed by atoms with van der Waals surface area (Å²) in [7, 11) is -10.5. The number of hydrogen-bond acceptors (Lipinski definition) is 17. The van der Waals surface area contributed by atoms with E-state index in [2.05, 4.69) is 76.3 Å². The minimum absolute atomic E-state index is 0. The van der Waals surface area contributed by atoms with E-state index in [-0.39, 0.29) is 38.0 Å². The Morgan fingerprint density at radius 2 is 0.471 bits per heavy atom. The zero-order valence-corrected chi connectivity index (χ0v) is 67.9. The molecule has 0 radical (unpaired) electrons. The van der Waals surface area contributed by atoms with Crippen molar-refractivity contribution in [2.24, 2.45) is 0 Å². The van der Waals surface area contributed by atoms with Gasteiger partial charge in [-0.3, -0.25) is 28.3 Å². The van der Waals surface area contributed by atoms with E-state index < -0.39 is 97.5 Å². The highest BCUT2D eigenvalue weighted by Gasteiger charge is 2.25. The van der Waals surface area contributed by atoms with Crippen LogP contribution in [-0.2, 0) is 65.4 Å². The van der Waals surface area contributed by atoms with E-state index in [9.17, 15) is 43.2 Å². The van der Waals surface area contributed by atoms with E-state index in [1.54, 1.807) is 0 Å². The maximum absolute atomic E-state index is 13.0. The maximum atomic E-state index is 13.0. The largest absolute Gasteiger partial charge is 0.756 e. The van der Waals surface area contributed by atoms with Crippen molar-refractivity contribution in [2.45, 2.75) is 406 Å². The first-order valence-corrected chi connectivity index (χ1v) is 43.8. The van der Waals surface area contributed by atoms with Crippen molar-refractivity contribution in [3.8, 4) is 0 Å². The number of quaternary nitrogens is 2. The molecule has 9 N–H and O–H groups in total. The first kappa shape index (κ1) is 103. The molecule has 21 heteroatoms. The van der Waals surface area contributed by atoms with Gasteiger partial charge in [0.15, 0.2) is 12.2 Å². The van der Waals surface area contributed by atoms with Crippen LogP contribution in [-0.4, -0.2) is 86.9 Å². The number of esters is 4. The molecule has 0 aromatic carbocycles. The zero-order chi connectivity index (χ0) is 73.2. The molecule has 102 heavy (non-hydrogen) atoms. The van der Waals surface area contributed by atoms with Crippen molar-refractivity contribution in [3.05, 3.63) is 48.6 Å². The average molecular weight is 1490 g/mol. The summed E-state index contributed by atoms with van der Waals surface area (Å²) in [5, 5.41) is 10.6. The Balaban J connectivity index is -0.0000490. The van der Waals surface area contributed by atoms with Crippen LogP contribution >= 0.6 is 15.6 Å². The highest BCUT2D eigenvalue weighted by Crippen LogP contribution is 2.41. The van der Waals surface area contributed by atoms with Crippen molar-refractivity contribution >= 4 is 39.5 Å². The van der Waals surface area contributed by atoms with Crippen molar-refractivity contribution in [1.29, 1.82) is 0 Å². The molecule has 0 saturated heterocycles. The molecule has 0 bridgehead atoms. The third-order valence-corrected chi connectivity index (χ3v) is 19.6. The molecule has 4 unspecified atom stereocenters. The first-order chi connectivity index (χ1) is 48.7. The minimum Gasteiger partial charge on any atom is -0.756 e. The average Bonchev–Trinajstić information content (AvgIpc) is 0.927. The number of ether oxygens (including phenoxy) is 4. The topological polar surface area (TPSA) is 316 Å². The summed E-state index contributed by atoms with van der Waals surface area (Å²) < 4.78 is 67.8. The Hall–Kier alpha value is -3.06. The SMILES string of the molecule is CCCCCCCC/C=C\CCCCCCCC(=O)OCC(COP(=O)([O-])OCC(O)COP(=O)([O-])OCC(COC(=O)CCCCCCC/C=C\CCCCCCCC)OC(=O)CCCCCCC/C=C\CCCCCCCC)OC(=O)CCCCCCC/C=C\CCCCCCCC.[NH4+].[NH4+]. The van der Waals surface area contributed by atoms with E-state index >= 15 is 0 Å². The van der Waals surface area contributed by atoms with Gasteiger partial charge in [0, 0.05) is 25.7 Å². The number of phosphoric acid groups is 2. The summed E-state index contributed by atoms with van der Waals surface area (Å²) in [6.07, 6.45) is 71.5. The van der Waals surface area contributed by atoms with Crippen molar-refractivity contribution in [3.63, 3.8) is 0 Å². The van der Waals surface area contributed by atoms with Crippen LogP contribution in [0.25, 0.3) is 0 Å². The summed E-state index contributed by atoms with van der Waals surface area (Å²) in [5.41, 5.74) is 0. The molecule has 602 valence electrons. The fraction of sp³-hybridized carbons (Fsp3) is 0.852. The number of carbonyl (C=O) groups excluding carboxylic acids is 4. The number of unbranched alkanes of at least 4 members (excludes halogenated alkanes) is 44. The molecule has 0 rings (SSSR count). The van der Waals surface area contributed by atoms with Gasteiger partial charge in [-0.2, -0.15) is 0 Å². The third-order valence-electron chi connectivity index (χ3n) is 17.7. The molecule has 0 aromatic rings. The van der Waals surface area contributed by atoms with Gasteiger partial charge in [-0.05, 0) is 128 Å². The van der Waals surface area contributed by atoms with E-state index in [1.165, 1.54) is 154 Å². The van der Waals surface area contributed by atoms with Gasteiger partial charge in [-0.1, -0.05) is 282 Å². The zero-order valence-electron chi connectivity index (χ0n) is 66.1. The number of aliphatic hydroxyl groups excluding tert-OH is 1. The predicted octanol–water partition coefficient (Wildman–Crippen LogP) is 23.2. The van der Waals surface area contributed by atoms with Gasteiger partial charge in [0.25, 0.3) is 15.6 Å². The van der Waals surface area contributed by atoms with E-state index in [0.717, 1.165) is 154 Å². The summed E-state index contributed by atoms with van der Waals surface area (Å²) in [4.78, 5) is 77.6. The van der Waals surface area contributed by atoms with Gasteiger partial charge < -0.3 is 64.2 Å². The van der Waals surface area contributed by atoms with Gasteiger partial charge >= 0.3 is 23.9 Å². The highest BCUT2D eigenvalue weighted by molar-refractivity contribution is 7.46. The quantitative estimate of drug-likeness (QED) is 0.0167. The molecule has 0 aliphatic rings. The number of rotatable bonds is 78. The number of carbonyl (C=O) groups is 4. The fourth-order valence-electron chi connectivity index (χ4n) is 11.4. The predicted molar refractivity (Wildman–Crippen MR) is 416 cm³/mol. The molecule has 19 nitrogen and oxygen atoms in total.